The van der Waals surface area contributed by atoms with Crippen LogP contribution in [0.5, 0.6) is 11.5 Å². The standard InChI is InChI=1S/C28H34O6/c1-6-7-27(31)34-19-23(29)18-33-25-14-10-22(11-15-25)28(4,5)21-8-12-24(13-9-21)32-17-16-26(30)20(2)3/h6-15,23,29H,2,16-19H2,1,3-5H3. The molecule has 1 atom stereocenters. The molecule has 2 rings (SSSR count). The van der Waals surface area contributed by atoms with Gasteiger partial charge >= 0.3 is 5.97 Å². The molecule has 1 unspecified atom stereocenters. The van der Waals surface area contributed by atoms with Gasteiger partial charge in [0.2, 0.25) is 0 Å². The number of aliphatic hydroxyl groups is 1. The highest BCUT2D eigenvalue weighted by Gasteiger charge is 2.23. The van der Waals surface area contributed by atoms with Crippen molar-refractivity contribution in [3.63, 3.8) is 0 Å². The summed E-state index contributed by atoms with van der Waals surface area (Å²) in [6, 6.07) is 15.5. The van der Waals surface area contributed by atoms with Gasteiger partial charge in [-0.2, -0.15) is 0 Å². The molecule has 0 aliphatic rings. The molecule has 0 aliphatic heterocycles. The first-order valence-corrected chi connectivity index (χ1v) is 11.3. The lowest BCUT2D eigenvalue weighted by molar-refractivity contribution is -0.141. The van der Waals surface area contributed by atoms with E-state index >= 15 is 0 Å². The second-order valence-corrected chi connectivity index (χ2v) is 8.57. The Hall–Kier alpha value is -3.38. The van der Waals surface area contributed by atoms with Crippen molar-refractivity contribution >= 4 is 11.8 Å². The number of carbonyl (C=O) groups excluding carboxylic acids is 2. The molecule has 0 radical (unpaired) electrons. The van der Waals surface area contributed by atoms with Gasteiger partial charge < -0.3 is 19.3 Å². The van der Waals surface area contributed by atoms with E-state index in [2.05, 4.69) is 20.4 Å². The Bertz CT molecular complexity index is 987. The molecule has 0 saturated heterocycles. The lowest BCUT2D eigenvalue weighted by Gasteiger charge is -2.26. The summed E-state index contributed by atoms with van der Waals surface area (Å²) in [6.07, 6.45) is 2.27. The highest BCUT2D eigenvalue weighted by atomic mass is 16.5. The summed E-state index contributed by atoms with van der Waals surface area (Å²) in [6.45, 7) is 11.5. The molecule has 0 amide bonds. The monoisotopic (exact) mass is 466 g/mol. The van der Waals surface area contributed by atoms with Gasteiger partial charge in [0, 0.05) is 17.9 Å². The SMILES string of the molecule is C=C(C)C(=O)CCOc1ccc(C(C)(C)c2ccc(OCC(O)COC(=O)C=CC)cc2)cc1. The smallest absolute Gasteiger partial charge is 0.330 e. The second-order valence-electron chi connectivity index (χ2n) is 8.57. The minimum Gasteiger partial charge on any atom is -0.493 e. The third-order valence-electron chi connectivity index (χ3n) is 5.39. The second kappa shape index (κ2) is 12.8. The van der Waals surface area contributed by atoms with Crippen LogP contribution in [0.2, 0.25) is 0 Å². The van der Waals surface area contributed by atoms with Crippen molar-refractivity contribution < 1.29 is 28.9 Å². The van der Waals surface area contributed by atoms with Crippen molar-refractivity contribution in [2.24, 2.45) is 0 Å². The number of allylic oxidation sites excluding steroid dienone is 2. The quantitative estimate of drug-likeness (QED) is 0.338. The summed E-state index contributed by atoms with van der Waals surface area (Å²) >= 11 is 0. The molecule has 182 valence electrons. The van der Waals surface area contributed by atoms with E-state index in [9.17, 15) is 14.7 Å². The molecule has 0 spiro atoms. The Morgan fingerprint density at radius 3 is 2.00 bits per heavy atom. The summed E-state index contributed by atoms with van der Waals surface area (Å²) in [5, 5.41) is 9.93. The average molecular weight is 467 g/mol. The number of carbonyl (C=O) groups is 2. The Kier molecular flexibility index (Phi) is 10.1. The van der Waals surface area contributed by atoms with Crippen molar-refractivity contribution in [1.29, 1.82) is 0 Å². The van der Waals surface area contributed by atoms with Gasteiger partial charge in [0.25, 0.3) is 0 Å². The minimum absolute atomic E-state index is 0.00697. The van der Waals surface area contributed by atoms with Crippen LogP contribution in [0.25, 0.3) is 0 Å². The highest BCUT2D eigenvalue weighted by molar-refractivity contribution is 5.94. The largest absolute Gasteiger partial charge is 0.493 e. The first-order chi connectivity index (χ1) is 16.1. The molecular weight excluding hydrogens is 432 g/mol. The maximum Gasteiger partial charge on any atom is 0.330 e. The molecule has 6 nitrogen and oxygen atoms in total. The lowest BCUT2D eigenvalue weighted by Crippen LogP contribution is -2.24. The van der Waals surface area contributed by atoms with Crippen LogP contribution in [-0.4, -0.2) is 42.8 Å². The molecule has 0 heterocycles. The van der Waals surface area contributed by atoms with Crippen molar-refractivity contribution in [2.45, 2.75) is 45.6 Å². The third-order valence-corrected chi connectivity index (χ3v) is 5.39. The highest BCUT2D eigenvalue weighted by Crippen LogP contribution is 2.33. The van der Waals surface area contributed by atoms with Crippen molar-refractivity contribution in [3.05, 3.63) is 84.0 Å². The van der Waals surface area contributed by atoms with Gasteiger partial charge in [0.1, 0.15) is 30.8 Å². The Balaban J connectivity index is 1.90. The van der Waals surface area contributed by atoms with Crippen LogP contribution in [0.4, 0.5) is 0 Å². The molecule has 0 bridgehead atoms. The van der Waals surface area contributed by atoms with Gasteiger partial charge in [0.05, 0.1) is 6.61 Å². The predicted molar refractivity (Wildman–Crippen MR) is 132 cm³/mol. The zero-order chi connectivity index (χ0) is 25.1. The number of aliphatic hydroxyl groups excluding tert-OH is 1. The van der Waals surface area contributed by atoms with E-state index in [0.717, 1.165) is 11.1 Å². The summed E-state index contributed by atoms with van der Waals surface area (Å²) in [4.78, 5) is 22.9. The molecule has 0 fully saturated rings. The fourth-order valence-electron chi connectivity index (χ4n) is 3.18. The van der Waals surface area contributed by atoms with Crippen LogP contribution < -0.4 is 9.47 Å². The lowest BCUT2D eigenvalue weighted by atomic mass is 9.78. The number of rotatable bonds is 13. The van der Waals surface area contributed by atoms with E-state index < -0.39 is 12.1 Å². The molecule has 2 aromatic rings. The van der Waals surface area contributed by atoms with Gasteiger partial charge in [-0.15, -0.1) is 0 Å². The molecule has 6 heteroatoms. The number of ketones is 1. The van der Waals surface area contributed by atoms with Gasteiger partial charge in [-0.25, -0.2) is 4.79 Å². The third kappa shape index (κ3) is 8.19. The van der Waals surface area contributed by atoms with E-state index in [4.69, 9.17) is 14.2 Å². The van der Waals surface area contributed by atoms with Crippen LogP contribution >= 0.6 is 0 Å². The molecule has 34 heavy (non-hydrogen) atoms. The van der Waals surface area contributed by atoms with E-state index in [1.807, 2.05) is 48.5 Å². The van der Waals surface area contributed by atoms with Crippen LogP contribution in [0.15, 0.2) is 72.8 Å². The molecule has 0 aromatic heterocycles. The summed E-state index contributed by atoms with van der Waals surface area (Å²) in [5.74, 6) is 0.845. The minimum atomic E-state index is -0.912. The van der Waals surface area contributed by atoms with Gasteiger partial charge in [0.15, 0.2) is 5.78 Å². The fourth-order valence-corrected chi connectivity index (χ4v) is 3.18. The van der Waals surface area contributed by atoms with E-state index in [1.165, 1.54) is 6.08 Å². The maximum atomic E-state index is 11.6. The van der Waals surface area contributed by atoms with E-state index in [0.29, 0.717) is 30.1 Å². The fraction of sp³-hybridized carbons (Fsp3) is 0.357. The Morgan fingerprint density at radius 2 is 1.50 bits per heavy atom. The van der Waals surface area contributed by atoms with Crippen LogP contribution in [0.1, 0.15) is 45.2 Å². The van der Waals surface area contributed by atoms with E-state index in [-0.39, 0.29) is 24.4 Å². The maximum absolute atomic E-state index is 11.6. The van der Waals surface area contributed by atoms with Crippen molar-refractivity contribution in [2.75, 3.05) is 19.8 Å². The van der Waals surface area contributed by atoms with Crippen LogP contribution in [-0.2, 0) is 19.7 Å². The van der Waals surface area contributed by atoms with Crippen LogP contribution in [0.3, 0.4) is 0 Å². The summed E-state index contributed by atoms with van der Waals surface area (Å²) in [5.41, 5.74) is 2.50. The molecule has 2 aromatic carbocycles. The number of hydrogen-bond donors (Lipinski definition) is 1. The Morgan fingerprint density at radius 1 is 0.971 bits per heavy atom. The number of ether oxygens (including phenoxy) is 3. The van der Waals surface area contributed by atoms with Gasteiger partial charge in [-0.3, -0.25) is 4.79 Å². The zero-order valence-electron chi connectivity index (χ0n) is 20.4. The number of benzene rings is 2. The number of esters is 1. The molecule has 1 N–H and O–H groups in total. The summed E-state index contributed by atoms with van der Waals surface area (Å²) in [7, 11) is 0. The topological polar surface area (TPSA) is 82.1 Å². The zero-order valence-corrected chi connectivity index (χ0v) is 20.4. The number of Topliss-reactive ketones (excluding diaryl/α,β-unsaturated/α-hetero) is 1. The normalized spacial score (nSPS) is 12.3. The van der Waals surface area contributed by atoms with Gasteiger partial charge in [-0.1, -0.05) is 50.8 Å². The predicted octanol–water partition coefficient (Wildman–Crippen LogP) is 4.79. The first kappa shape index (κ1) is 26.9. The average Bonchev–Trinajstić information content (AvgIpc) is 2.82. The van der Waals surface area contributed by atoms with Crippen LogP contribution in [0, 0.1) is 0 Å². The van der Waals surface area contributed by atoms with Crippen molar-refractivity contribution in [3.8, 4) is 11.5 Å². The van der Waals surface area contributed by atoms with E-state index in [1.54, 1.807) is 19.9 Å². The van der Waals surface area contributed by atoms with Gasteiger partial charge in [-0.05, 0) is 54.8 Å². The summed E-state index contributed by atoms with van der Waals surface area (Å²) < 4.78 is 16.2. The molecule has 0 aliphatic carbocycles. The first-order valence-electron chi connectivity index (χ1n) is 11.3. The van der Waals surface area contributed by atoms with Crippen molar-refractivity contribution in [1.82, 2.24) is 0 Å². The molecule has 0 saturated carbocycles. The molecular formula is C28H34O6. The Labute approximate surface area is 201 Å². The number of hydrogen-bond acceptors (Lipinski definition) is 6.